The van der Waals surface area contributed by atoms with E-state index in [0.29, 0.717) is 39.3 Å². The number of carbonyl (C=O) groups is 1. The Morgan fingerprint density at radius 1 is 1.43 bits per heavy atom. The van der Waals surface area contributed by atoms with E-state index in [1.807, 2.05) is 30.3 Å². The molecule has 1 aromatic carbocycles. The molecule has 0 radical (unpaired) electrons. The van der Waals surface area contributed by atoms with Crippen molar-refractivity contribution in [3.8, 4) is 0 Å². The van der Waals surface area contributed by atoms with Crippen LogP contribution in [0.1, 0.15) is 5.76 Å². The predicted octanol–water partition coefficient (Wildman–Crippen LogP) is 2.03. The highest BCUT2D eigenvalue weighted by Gasteiger charge is 2.23. The third kappa shape index (κ3) is 4.03. The first-order valence-electron chi connectivity index (χ1n) is 7.87. The van der Waals surface area contributed by atoms with E-state index in [4.69, 9.17) is 13.9 Å². The smallest absolute Gasteiger partial charge is 0.317 e. The van der Waals surface area contributed by atoms with E-state index >= 15 is 0 Å². The Bertz CT molecular complexity index is 620. The van der Waals surface area contributed by atoms with Crippen molar-refractivity contribution in [1.82, 2.24) is 10.2 Å². The van der Waals surface area contributed by atoms with E-state index in [2.05, 4.69) is 5.32 Å². The quantitative estimate of drug-likeness (QED) is 0.916. The predicted molar refractivity (Wildman–Crippen MR) is 86.5 cm³/mol. The number of furan rings is 1. The van der Waals surface area contributed by atoms with Crippen LogP contribution in [-0.4, -0.2) is 57.0 Å². The fourth-order valence-electron chi connectivity index (χ4n) is 2.76. The number of benzene rings is 1. The van der Waals surface area contributed by atoms with Crippen molar-refractivity contribution in [1.29, 1.82) is 0 Å². The molecule has 124 valence electrons. The number of ether oxygens (including phenoxy) is 2. The summed E-state index contributed by atoms with van der Waals surface area (Å²) >= 11 is 0. The molecule has 0 aliphatic carbocycles. The minimum absolute atomic E-state index is 0.0464. The minimum Gasteiger partial charge on any atom is -0.461 e. The Balaban J connectivity index is 1.47. The maximum absolute atomic E-state index is 12.2. The normalized spacial score (nSPS) is 18.3. The number of carbonyl (C=O) groups excluding carboxylic acids is 1. The molecule has 1 N–H and O–H groups in total. The van der Waals surface area contributed by atoms with Gasteiger partial charge in [-0.05, 0) is 12.1 Å². The Labute approximate surface area is 135 Å². The molecule has 1 saturated heterocycles. The fraction of sp³-hybridized carbons (Fsp3) is 0.471. The molecular weight excluding hydrogens is 296 g/mol. The Hall–Kier alpha value is -2.05. The van der Waals surface area contributed by atoms with Gasteiger partial charge in [-0.2, -0.15) is 0 Å². The van der Waals surface area contributed by atoms with Crippen LogP contribution in [0.4, 0.5) is 4.79 Å². The summed E-state index contributed by atoms with van der Waals surface area (Å²) in [7, 11) is 1.63. The zero-order valence-electron chi connectivity index (χ0n) is 13.3. The summed E-state index contributed by atoms with van der Waals surface area (Å²) < 4.78 is 16.4. The van der Waals surface area contributed by atoms with Gasteiger partial charge in [0.05, 0.1) is 25.9 Å². The first-order valence-corrected chi connectivity index (χ1v) is 7.87. The molecular formula is C17H22N2O4. The number of urea groups is 1. The lowest BCUT2D eigenvalue weighted by atomic mass is 10.2. The zero-order valence-corrected chi connectivity index (χ0v) is 13.3. The van der Waals surface area contributed by atoms with Crippen molar-refractivity contribution >= 4 is 17.0 Å². The lowest BCUT2D eigenvalue weighted by molar-refractivity contribution is -0.0494. The minimum atomic E-state index is -0.0643. The first-order chi connectivity index (χ1) is 11.3. The molecule has 6 heteroatoms. The molecule has 6 nitrogen and oxygen atoms in total. The molecule has 2 heterocycles. The maximum atomic E-state index is 12.2. The van der Waals surface area contributed by atoms with Gasteiger partial charge >= 0.3 is 6.03 Å². The van der Waals surface area contributed by atoms with Crippen molar-refractivity contribution in [2.45, 2.75) is 12.5 Å². The van der Waals surface area contributed by atoms with Crippen LogP contribution in [0.5, 0.6) is 0 Å². The van der Waals surface area contributed by atoms with Gasteiger partial charge in [-0.3, -0.25) is 0 Å². The average Bonchev–Trinajstić information content (AvgIpc) is 2.98. The van der Waals surface area contributed by atoms with Crippen molar-refractivity contribution < 1.29 is 18.7 Å². The Morgan fingerprint density at radius 3 is 3.13 bits per heavy atom. The third-order valence-electron chi connectivity index (χ3n) is 3.90. The molecule has 1 unspecified atom stereocenters. The summed E-state index contributed by atoms with van der Waals surface area (Å²) in [6.45, 7) is 2.76. The fourth-order valence-corrected chi connectivity index (χ4v) is 2.76. The largest absolute Gasteiger partial charge is 0.461 e. The second kappa shape index (κ2) is 7.48. The second-order valence-electron chi connectivity index (χ2n) is 5.63. The summed E-state index contributed by atoms with van der Waals surface area (Å²) in [6, 6.07) is 9.85. The highest BCUT2D eigenvalue weighted by atomic mass is 16.5. The number of hydrogen-bond donors (Lipinski definition) is 1. The Morgan fingerprint density at radius 2 is 2.30 bits per heavy atom. The summed E-state index contributed by atoms with van der Waals surface area (Å²) in [4.78, 5) is 14.0. The molecule has 1 aliphatic heterocycles. The van der Waals surface area contributed by atoms with Gasteiger partial charge in [0.15, 0.2) is 0 Å². The number of morpholine rings is 1. The lowest BCUT2D eigenvalue weighted by Crippen LogP contribution is -2.51. The number of rotatable bonds is 5. The molecule has 1 aromatic heterocycles. The van der Waals surface area contributed by atoms with Gasteiger partial charge < -0.3 is 24.1 Å². The van der Waals surface area contributed by atoms with Crippen molar-refractivity contribution in [3.63, 3.8) is 0 Å². The molecule has 3 rings (SSSR count). The van der Waals surface area contributed by atoms with Crippen LogP contribution in [-0.2, 0) is 15.9 Å². The van der Waals surface area contributed by atoms with Gasteiger partial charge in [-0.25, -0.2) is 4.79 Å². The highest BCUT2D eigenvalue weighted by Crippen LogP contribution is 2.18. The van der Waals surface area contributed by atoms with E-state index in [9.17, 15) is 4.79 Å². The number of para-hydroxylation sites is 1. The molecule has 23 heavy (non-hydrogen) atoms. The van der Waals surface area contributed by atoms with Gasteiger partial charge in [0.25, 0.3) is 0 Å². The summed E-state index contributed by atoms with van der Waals surface area (Å²) in [6.07, 6.45) is 0.626. The first kappa shape index (κ1) is 15.8. The van der Waals surface area contributed by atoms with Crippen LogP contribution in [0.15, 0.2) is 34.7 Å². The van der Waals surface area contributed by atoms with Crippen molar-refractivity contribution in [3.05, 3.63) is 36.1 Å². The maximum Gasteiger partial charge on any atom is 0.317 e. The molecule has 2 amide bonds. The molecule has 0 spiro atoms. The van der Waals surface area contributed by atoms with E-state index in [-0.39, 0.29) is 12.1 Å². The summed E-state index contributed by atoms with van der Waals surface area (Å²) in [5.74, 6) is 0.880. The standard InChI is InChI=1S/C17H22N2O4/c1-21-12-15-11-19(8-9-22-15)17(20)18-7-6-14-10-13-4-2-3-5-16(13)23-14/h2-5,10,15H,6-9,11-12H2,1H3,(H,18,20). The van der Waals surface area contributed by atoms with Gasteiger partial charge in [0, 0.05) is 32.0 Å². The highest BCUT2D eigenvalue weighted by molar-refractivity contribution is 5.77. The number of methoxy groups -OCH3 is 1. The van der Waals surface area contributed by atoms with Crippen LogP contribution in [0, 0.1) is 0 Å². The van der Waals surface area contributed by atoms with Gasteiger partial charge in [0.1, 0.15) is 11.3 Å². The van der Waals surface area contributed by atoms with Crippen LogP contribution in [0.2, 0.25) is 0 Å². The van der Waals surface area contributed by atoms with Gasteiger partial charge in [0.2, 0.25) is 0 Å². The molecule has 1 atom stereocenters. The van der Waals surface area contributed by atoms with Crippen LogP contribution < -0.4 is 5.32 Å². The van der Waals surface area contributed by atoms with Crippen LogP contribution in [0.3, 0.4) is 0 Å². The number of nitrogens with zero attached hydrogens (tertiary/aromatic N) is 1. The topological polar surface area (TPSA) is 63.9 Å². The summed E-state index contributed by atoms with van der Waals surface area (Å²) in [5.41, 5.74) is 0.879. The molecule has 1 aliphatic rings. The van der Waals surface area contributed by atoms with Crippen molar-refractivity contribution in [2.75, 3.05) is 40.0 Å². The van der Waals surface area contributed by atoms with E-state index < -0.39 is 0 Å². The molecule has 1 fully saturated rings. The molecule has 2 aromatic rings. The van der Waals surface area contributed by atoms with Gasteiger partial charge in [-0.15, -0.1) is 0 Å². The third-order valence-corrected chi connectivity index (χ3v) is 3.90. The monoisotopic (exact) mass is 318 g/mol. The number of fused-ring (bicyclic) bond motifs is 1. The average molecular weight is 318 g/mol. The van der Waals surface area contributed by atoms with Crippen LogP contribution >= 0.6 is 0 Å². The summed E-state index contributed by atoms with van der Waals surface area (Å²) in [5, 5.41) is 4.03. The van der Waals surface area contributed by atoms with Gasteiger partial charge in [-0.1, -0.05) is 18.2 Å². The second-order valence-corrected chi connectivity index (χ2v) is 5.63. The number of nitrogens with one attached hydrogen (secondary N) is 1. The molecule has 0 saturated carbocycles. The van der Waals surface area contributed by atoms with Crippen LogP contribution in [0.25, 0.3) is 11.0 Å². The number of hydrogen-bond acceptors (Lipinski definition) is 4. The Kier molecular flexibility index (Phi) is 5.15. The SMILES string of the molecule is COCC1CN(C(=O)NCCc2cc3ccccc3o2)CCO1. The van der Waals surface area contributed by atoms with Crippen molar-refractivity contribution in [2.24, 2.45) is 0 Å². The number of amides is 2. The molecule has 0 bridgehead atoms. The van der Waals surface area contributed by atoms with E-state index in [1.165, 1.54) is 0 Å². The lowest BCUT2D eigenvalue weighted by Gasteiger charge is -2.32. The zero-order chi connectivity index (χ0) is 16.1. The van der Waals surface area contributed by atoms with E-state index in [1.54, 1.807) is 12.0 Å². The van der Waals surface area contributed by atoms with E-state index in [0.717, 1.165) is 16.7 Å².